The van der Waals surface area contributed by atoms with Crippen LogP contribution in [0, 0.1) is 11.8 Å². The highest BCUT2D eigenvalue weighted by Gasteiger charge is 2.57. The molecule has 4 fully saturated rings. The standard InChI is InChI=1S/C34H54O11/c1-21(16-24(37)20-40-30(39)18-22(2)33(7)29(11-15-36)43-31(4,5)45-33)27(38)19-26-17-23(3)34(42-26)13-12-32(6)28(44-34)9-8-25(41-32)10-14-35/h18,21,23,25-26,28-29,35-36H,8-17,19-20H2,1-7H3/b22-18+/t21-,23-,25-,26+,28+,29+,32-,33+,34-/m0/s1. The maximum atomic E-state index is 13.1. The Morgan fingerprint density at radius 1 is 0.956 bits per heavy atom. The predicted molar refractivity (Wildman–Crippen MR) is 163 cm³/mol. The maximum absolute atomic E-state index is 13.1. The zero-order valence-electron chi connectivity index (χ0n) is 28.1. The normalized spacial score (nSPS) is 38.6. The quantitative estimate of drug-likeness (QED) is 0.223. The van der Waals surface area contributed by atoms with Gasteiger partial charge in [0.2, 0.25) is 0 Å². The first kappa shape index (κ1) is 36.1. The molecule has 9 atom stereocenters. The van der Waals surface area contributed by atoms with Crippen LogP contribution in [0.4, 0.5) is 0 Å². The van der Waals surface area contributed by atoms with E-state index in [0.717, 1.165) is 19.3 Å². The molecule has 0 radical (unpaired) electrons. The molecule has 2 N–H and O–H groups in total. The minimum absolute atomic E-state index is 0.0348. The largest absolute Gasteiger partial charge is 0.455 e. The fraction of sp³-hybridized carbons (Fsp3) is 0.853. The third-order valence-electron chi connectivity index (χ3n) is 10.3. The second kappa shape index (κ2) is 14.2. The van der Waals surface area contributed by atoms with Crippen LogP contribution in [0.2, 0.25) is 0 Å². The maximum Gasteiger partial charge on any atom is 0.331 e. The summed E-state index contributed by atoms with van der Waals surface area (Å²) in [5.41, 5.74) is -0.794. The second-order valence-corrected chi connectivity index (χ2v) is 14.4. The van der Waals surface area contributed by atoms with Crippen molar-refractivity contribution in [3.63, 3.8) is 0 Å². The van der Waals surface area contributed by atoms with E-state index in [1.54, 1.807) is 34.6 Å². The number of hydrogen-bond acceptors (Lipinski definition) is 11. The van der Waals surface area contributed by atoms with E-state index in [4.69, 9.17) is 28.4 Å². The summed E-state index contributed by atoms with van der Waals surface area (Å²) >= 11 is 0. The number of carbonyl (C=O) groups is 3. The van der Waals surface area contributed by atoms with Crippen LogP contribution in [0.5, 0.6) is 0 Å². The molecule has 256 valence electrons. The summed E-state index contributed by atoms with van der Waals surface area (Å²) in [7, 11) is 0. The van der Waals surface area contributed by atoms with E-state index in [1.807, 2.05) is 0 Å². The van der Waals surface area contributed by atoms with Crippen molar-refractivity contribution in [2.75, 3.05) is 19.8 Å². The number of aliphatic hydroxyl groups excluding tert-OH is 2. The van der Waals surface area contributed by atoms with Crippen molar-refractivity contribution in [1.29, 1.82) is 0 Å². The molecule has 4 aliphatic rings. The number of rotatable bonds is 13. The molecule has 0 aliphatic carbocycles. The molecule has 4 saturated heterocycles. The van der Waals surface area contributed by atoms with Gasteiger partial charge in [0, 0.05) is 50.4 Å². The van der Waals surface area contributed by atoms with Crippen molar-refractivity contribution in [2.24, 2.45) is 11.8 Å². The van der Waals surface area contributed by atoms with E-state index in [2.05, 4.69) is 13.8 Å². The van der Waals surface area contributed by atoms with E-state index in [-0.39, 0.29) is 61.9 Å². The van der Waals surface area contributed by atoms with Crippen molar-refractivity contribution in [1.82, 2.24) is 0 Å². The van der Waals surface area contributed by atoms with Crippen LogP contribution in [0.3, 0.4) is 0 Å². The van der Waals surface area contributed by atoms with Gasteiger partial charge in [-0.05, 0) is 78.7 Å². The molecule has 0 aromatic rings. The highest BCUT2D eigenvalue weighted by molar-refractivity contribution is 5.90. The molecule has 45 heavy (non-hydrogen) atoms. The number of carbonyl (C=O) groups excluding carboxylic acids is 3. The van der Waals surface area contributed by atoms with E-state index in [0.29, 0.717) is 31.3 Å². The van der Waals surface area contributed by atoms with Gasteiger partial charge in [0.25, 0.3) is 0 Å². The van der Waals surface area contributed by atoms with Crippen molar-refractivity contribution in [2.45, 2.75) is 153 Å². The van der Waals surface area contributed by atoms with Gasteiger partial charge >= 0.3 is 5.97 Å². The molecule has 11 nitrogen and oxygen atoms in total. The summed E-state index contributed by atoms with van der Waals surface area (Å²) in [5.74, 6) is -3.17. The molecule has 4 rings (SSSR count). The molecule has 0 saturated carbocycles. The first-order chi connectivity index (χ1) is 21.0. The van der Waals surface area contributed by atoms with Gasteiger partial charge in [-0.15, -0.1) is 0 Å². The van der Waals surface area contributed by atoms with Gasteiger partial charge in [0.05, 0.1) is 30.0 Å². The lowest BCUT2D eigenvalue weighted by Crippen LogP contribution is -2.59. The van der Waals surface area contributed by atoms with Crippen LogP contribution in [0.1, 0.15) is 106 Å². The van der Waals surface area contributed by atoms with Crippen LogP contribution < -0.4 is 0 Å². The van der Waals surface area contributed by atoms with Crippen molar-refractivity contribution in [3.05, 3.63) is 11.6 Å². The van der Waals surface area contributed by atoms with E-state index in [1.165, 1.54) is 6.08 Å². The van der Waals surface area contributed by atoms with Crippen LogP contribution in [-0.4, -0.2) is 94.8 Å². The lowest BCUT2D eigenvalue weighted by atomic mass is 9.79. The highest BCUT2D eigenvalue weighted by Crippen LogP contribution is 2.51. The summed E-state index contributed by atoms with van der Waals surface area (Å²) < 4.78 is 36.6. The van der Waals surface area contributed by atoms with Gasteiger partial charge in [0.1, 0.15) is 18.0 Å². The van der Waals surface area contributed by atoms with Gasteiger partial charge in [-0.2, -0.15) is 0 Å². The number of ether oxygens (including phenoxy) is 6. The number of Topliss-reactive ketones (excluding diaryl/α,β-unsaturated/α-hetero) is 2. The van der Waals surface area contributed by atoms with E-state index >= 15 is 0 Å². The molecule has 0 aromatic heterocycles. The van der Waals surface area contributed by atoms with Crippen molar-refractivity contribution in [3.8, 4) is 0 Å². The van der Waals surface area contributed by atoms with E-state index in [9.17, 15) is 24.6 Å². The molecule has 4 aliphatic heterocycles. The minimum atomic E-state index is -0.940. The van der Waals surface area contributed by atoms with Gasteiger partial charge in [-0.25, -0.2) is 4.79 Å². The monoisotopic (exact) mass is 638 g/mol. The molecule has 11 heteroatoms. The number of ketones is 2. The Bertz CT molecular complexity index is 1120. The number of hydrogen-bond donors (Lipinski definition) is 2. The zero-order chi connectivity index (χ0) is 33.2. The molecule has 0 amide bonds. The SMILES string of the molecule is C/C(=C\C(=O)OCC(=O)C[C@H](C)C(=O)C[C@H]1C[C@H](C)[C@@]2(CC[C@]3(C)O[C@H](CCO)CC[C@H]3O2)O1)[C@@]1(C)OC(C)(C)O[C@@H]1CCO. The lowest BCUT2D eigenvalue weighted by molar-refractivity contribution is -0.343. The minimum Gasteiger partial charge on any atom is -0.455 e. The van der Waals surface area contributed by atoms with Crippen LogP contribution in [0.15, 0.2) is 11.6 Å². The topological polar surface area (TPSA) is 147 Å². The Labute approximate surface area is 267 Å². The molecule has 0 bridgehead atoms. The van der Waals surface area contributed by atoms with Crippen LogP contribution in [0.25, 0.3) is 0 Å². The molecular weight excluding hydrogens is 584 g/mol. The molecule has 4 heterocycles. The van der Waals surface area contributed by atoms with Crippen molar-refractivity contribution < 1.29 is 53.0 Å². The summed E-state index contributed by atoms with van der Waals surface area (Å²) in [6.45, 7) is 12.5. The van der Waals surface area contributed by atoms with Gasteiger partial charge in [-0.1, -0.05) is 13.8 Å². The Morgan fingerprint density at radius 3 is 2.36 bits per heavy atom. The fourth-order valence-corrected chi connectivity index (χ4v) is 7.52. The summed E-state index contributed by atoms with van der Waals surface area (Å²) in [6, 6.07) is 0. The van der Waals surface area contributed by atoms with Gasteiger partial charge < -0.3 is 38.6 Å². The Balaban J connectivity index is 1.23. The number of esters is 1. The van der Waals surface area contributed by atoms with Gasteiger partial charge in [-0.3, -0.25) is 9.59 Å². The predicted octanol–water partition coefficient (Wildman–Crippen LogP) is 3.94. The Morgan fingerprint density at radius 2 is 1.67 bits per heavy atom. The summed E-state index contributed by atoms with van der Waals surface area (Å²) in [5, 5.41) is 18.8. The summed E-state index contributed by atoms with van der Waals surface area (Å²) in [4.78, 5) is 38.3. The Hall–Kier alpha value is -1.73. The first-order valence-electron chi connectivity index (χ1n) is 16.6. The molecule has 0 aromatic carbocycles. The van der Waals surface area contributed by atoms with Crippen LogP contribution >= 0.6 is 0 Å². The number of fused-ring (bicyclic) bond motifs is 1. The molecule has 0 unspecified atom stereocenters. The lowest BCUT2D eigenvalue weighted by Gasteiger charge is -2.53. The number of aliphatic hydroxyl groups is 2. The second-order valence-electron chi connectivity index (χ2n) is 14.4. The first-order valence-corrected chi connectivity index (χ1v) is 16.6. The average molecular weight is 639 g/mol. The average Bonchev–Trinajstić information content (AvgIpc) is 3.38. The third-order valence-corrected chi connectivity index (χ3v) is 10.3. The highest BCUT2D eigenvalue weighted by atomic mass is 16.8. The molecular formula is C34H54O11. The smallest absolute Gasteiger partial charge is 0.331 e. The Kier molecular flexibility index (Phi) is 11.4. The zero-order valence-corrected chi connectivity index (χ0v) is 28.1. The van der Waals surface area contributed by atoms with E-state index < -0.39 is 47.4 Å². The fourth-order valence-electron chi connectivity index (χ4n) is 7.52. The third kappa shape index (κ3) is 8.23. The molecule has 1 spiro atoms. The summed E-state index contributed by atoms with van der Waals surface area (Å²) in [6.07, 6.45) is 5.40. The van der Waals surface area contributed by atoms with Crippen LogP contribution in [-0.2, 0) is 42.8 Å². The van der Waals surface area contributed by atoms with Crippen molar-refractivity contribution >= 4 is 17.5 Å². The van der Waals surface area contributed by atoms with Gasteiger partial charge in [0.15, 0.2) is 17.4 Å².